The van der Waals surface area contributed by atoms with E-state index in [9.17, 15) is 9.59 Å². The van der Waals surface area contributed by atoms with E-state index in [0.29, 0.717) is 16.7 Å². The van der Waals surface area contributed by atoms with Gasteiger partial charge in [-0.15, -0.1) is 0 Å². The summed E-state index contributed by atoms with van der Waals surface area (Å²) in [5, 5.41) is 0. The molecule has 6 heteroatoms. The summed E-state index contributed by atoms with van der Waals surface area (Å²) in [4.78, 5) is 22.7. The third-order valence-corrected chi connectivity index (χ3v) is 2.29. The van der Waals surface area contributed by atoms with E-state index >= 15 is 0 Å². The molecule has 6 nitrogen and oxygen atoms in total. The van der Waals surface area contributed by atoms with Gasteiger partial charge < -0.3 is 4.42 Å². The maximum atomic E-state index is 11.5. The molecule has 0 atom stereocenters. The van der Waals surface area contributed by atoms with Gasteiger partial charge in [0.05, 0.1) is 5.52 Å². The molecule has 0 fully saturated rings. The van der Waals surface area contributed by atoms with E-state index in [2.05, 4.69) is 10.9 Å². The maximum Gasteiger partial charge on any atom is 0.419 e. The molecule has 84 valence electrons. The molecule has 1 heterocycles. The Morgan fingerprint density at radius 1 is 1.44 bits per heavy atom. The Labute approximate surface area is 90.8 Å². The molecule has 0 spiro atoms. The van der Waals surface area contributed by atoms with Crippen molar-refractivity contribution in [2.24, 2.45) is 7.05 Å². The van der Waals surface area contributed by atoms with Crippen LogP contribution >= 0.6 is 0 Å². The van der Waals surface area contributed by atoms with Crippen LogP contribution in [0.3, 0.4) is 0 Å². The molecule has 0 saturated heterocycles. The molecule has 0 aliphatic rings. The largest absolute Gasteiger partial charge is 0.419 e. The van der Waals surface area contributed by atoms with Crippen molar-refractivity contribution in [1.29, 1.82) is 0 Å². The molecular weight excluding hydrogens is 210 g/mol. The number of hydrazine groups is 1. The number of oxazole rings is 1. The van der Waals surface area contributed by atoms with Crippen LogP contribution in [0.4, 0.5) is 0 Å². The van der Waals surface area contributed by atoms with E-state index < -0.39 is 5.76 Å². The summed E-state index contributed by atoms with van der Waals surface area (Å²) < 4.78 is 6.36. The summed E-state index contributed by atoms with van der Waals surface area (Å²) in [6.07, 6.45) is 0. The Morgan fingerprint density at radius 2 is 2.19 bits per heavy atom. The van der Waals surface area contributed by atoms with Crippen molar-refractivity contribution < 1.29 is 9.21 Å². The number of fused-ring (bicyclic) bond motifs is 1. The van der Waals surface area contributed by atoms with Crippen molar-refractivity contribution in [1.82, 2.24) is 15.4 Å². The zero-order valence-electron chi connectivity index (χ0n) is 8.90. The highest BCUT2D eigenvalue weighted by molar-refractivity contribution is 5.96. The first-order chi connectivity index (χ1) is 7.63. The number of rotatable bonds is 2. The average Bonchev–Trinajstić information content (AvgIpc) is 2.55. The molecule has 0 bridgehead atoms. The number of carbonyl (C=O) groups excluding carboxylic acids is 1. The number of hydrogen-bond acceptors (Lipinski definition) is 4. The summed E-state index contributed by atoms with van der Waals surface area (Å²) in [7, 11) is 3.21. The predicted molar refractivity (Wildman–Crippen MR) is 58.0 cm³/mol. The van der Waals surface area contributed by atoms with Crippen LogP contribution in [0.15, 0.2) is 27.4 Å². The Balaban J connectivity index is 2.52. The second-order valence-electron chi connectivity index (χ2n) is 3.31. The van der Waals surface area contributed by atoms with Gasteiger partial charge in [0, 0.05) is 19.7 Å². The first-order valence-electron chi connectivity index (χ1n) is 4.70. The Kier molecular flexibility index (Phi) is 2.49. The predicted octanol–water partition coefficient (Wildman–Crippen LogP) is -0.00430. The lowest BCUT2D eigenvalue weighted by atomic mass is 10.2. The quantitative estimate of drug-likeness (QED) is 0.700. The molecule has 1 aromatic carbocycles. The van der Waals surface area contributed by atoms with E-state index in [-0.39, 0.29) is 5.91 Å². The van der Waals surface area contributed by atoms with Crippen molar-refractivity contribution >= 4 is 17.0 Å². The SMILES string of the molecule is CNNC(=O)c1ccc2c(c1)oc(=O)n2C. The smallest absolute Gasteiger partial charge is 0.408 e. The second-order valence-corrected chi connectivity index (χ2v) is 3.31. The van der Waals surface area contributed by atoms with Crippen LogP contribution in [-0.4, -0.2) is 17.5 Å². The van der Waals surface area contributed by atoms with Gasteiger partial charge >= 0.3 is 5.76 Å². The van der Waals surface area contributed by atoms with Crippen molar-refractivity contribution in [3.8, 4) is 0 Å². The van der Waals surface area contributed by atoms with Crippen molar-refractivity contribution in [3.05, 3.63) is 34.3 Å². The van der Waals surface area contributed by atoms with Gasteiger partial charge in [-0.25, -0.2) is 10.2 Å². The summed E-state index contributed by atoms with van der Waals surface area (Å²) >= 11 is 0. The van der Waals surface area contributed by atoms with Crippen LogP contribution < -0.4 is 16.6 Å². The Morgan fingerprint density at radius 3 is 2.88 bits per heavy atom. The van der Waals surface area contributed by atoms with E-state index in [0.717, 1.165) is 0 Å². The van der Waals surface area contributed by atoms with E-state index in [1.54, 1.807) is 26.2 Å². The standard InChI is InChI=1S/C10H11N3O3/c1-11-12-9(14)6-3-4-7-8(5-6)16-10(15)13(7)2/h3-5,11H,1-2H3,(H,12,14). The molecule has 0 aliphatic carbocycles. The molecule has 1 aromatic heterocycles. The van der Waals surface area contributed by atoms with Crippen molar-refractivity contribution in [3.63, 3.8) is 0 Å². The normalized spacial score (nSPS) is 10.6. The molecule has 2 rings (SSSR count). The monoisotopic (exact) mass is 221 g/mol. The summed E-state index contributed by atoms with van der Waals surface area (Å²) in [5.74, 6) is -0.725. The molecule has 0 unspecified atom stereocenters. The fourth-order valence-electron chi connectivity index (χ4n) is 1.46. The molecule has 0 aliphatic heterocycles. The third-order valence-electron chi connectivity index (χ3n) is 2.29. The van der Waals surface area contributed by atoms with Crippen molar-refractivity contribution in [2.45, 2.75) is 0 Å². The lowest BCUT2D eigenvalue weighted by molar-refractivity contribution is 0.0938. The topological polar surface area (TPSA) is 76.3 Å². The number of aromatic nitrogens is 1. The number of aryl methyl sites for hydroxylation is 1. The molecule has 0 saturated carbocycles. The maximum absolute atomic E-state index is 11.5. The number of nitrogens with zero attached hydrogens (tertiary/aromatic N) is 1. The first-order valence-corrected chi connectivity index (χ1v) is 4.70. The van der Waals surface area contributed by atoms with E-state index in [1.165, 1.54) is 10.6 Å². The molecular formula is C10H11N3O3. The van der Waals surface area contributed by atoms with Gasteiger partial charge in [0.1, 0.15) is 0 Å². The molecule has 16 heavy (non-hydrogen) atoms. The molecule has 0 radical (unpaired) electrons. The minimum absolute atomic E-state index is 0.282. The second kappa shape index (κ2) is 3.82. The van der Waals surface area contributed by atoms with Gasteiger partial charge in [-0.1, -0.05) is 0 Å². The number of amides is 1. The van der Waals surface area contributed by atoms with Crippen molar-refractivity contribution in [2.75, 3.05) is 7.05 Å². The van der Waals surface area contributed by atoms with Crippen LogP contribution in [0.25, 0.3) is 11.1 Å². The van der Waals surface area contributed by atoms with Crippen LogP contribution in [0.5, 0.6) is 0 Å². The summed E-state index contributed by atoms with van der Waals surface area (Å²) in [6.45, 7) is 0. The fraction of sp³-hybridized carbons (Fsp3) is 0.200. The Hall–Kier alpha value is -2.08. The van der Waals surface area contributed by atoms with Gasteiger partial charge in [-0.2, -0.15) is 0 Å². The Bertz CT molecular complexity index is 597. The van der Waals surface area contributed by atoms with E-state index in [1.807, 2.05) is 0 Å². The molecule has 1 amide bonds. The van der Waals surface area contributed by atoms with Crippen LogP contribution in [0.2, 0.25) is 0 Å². The number of carbonyl (C=O) groups is 1. The minimum atomic E-state index is -0.443. The minimum Gasteiger partial charge on any atom is -0.408 e. The number of nitrogens with one attached hydrogen (secondary N) is 2. The van der Waals surface area contributed by atoms with Gasteiger partial charge in [-0.3, -0.25) is 14.8 Å². The number of hydrogen-bond donors (Lipinski definition) is 2. The zero-order chi connectivity index (χ0) is 11.7. The highest BCUT2D eigenvalue weighted by atomic mass is 16.4. The number of benzene rings is 1. The van der Waals surface area contributed by atoms with Gasteiger partial charge in [0.25, 0.3) is 5.91 Å². The van der Waals surface area contributed by atoms with Crippen LogP contribution in [-0.2, 0) is 7.05 Å². The lowest BCUT2D eigenvalue weighted by Crippen LogP contribution is -2.34. The summed E-state index contributed by atoms with van der Waals surface area (Å²) in [5.41, 5.74) is 6.45. The first kappa shape index (κ1) is 10.4. The lowest BCUT2D eigenvalue weighted by Gasteiger charge is -2.02. The highest BCUT2D eigenvalue weighted by Gasteiger charge is 2.10. The van der Waals surface area contributed by atoms with Gasteiger partial charge in [-0.05, 0) is 18.2 Å². The highest BCUT2D eigenvalue weighted by Crippen LogP contribution is 2.13. The molecule has 2 aromatic rings. The van der Waals surface area contributed by atoms with E-state index in [4.69, 9.17) is 4.42 Å². The third kappa shape index (κ3) is 1.59. The van der Waals surface area contributed by atoms with Gasteiger partial charge in [0.2, 0.25) is 0 Å². The van der Waals surface area contributed by atoms with Gasteiger partial charge in [0.15, 0.2) is 5.58 Å². The average molecular weight is 221 g/mol. The fourth-order valence-corrected chi connectivity index (χ4v) is 1.46. The van der Waals surface area contributed by atoms with Crippen LogP contribution in [0, 0.1) is 0 Å². The summed E-state index contributed by atoms with van der Waals surface area (Å²) in [6, 6.07) is 4.83. The molecule has 2 N–H and O–H groups in total. The zero-order valence-corrected chi connectivity index (χ0v) is 8.90. The van der Waals surface area contributed by atoms with Crippen LogP contribution in [0.1, 0.15) is 10.4 Å².